The van der Waals surface area contributed by atoms with Crippen molar-refractivity contribution in [2.24, 2.45) is 0 Å². The van der Waals surface area contributed by atoms with Crippen LogP contribution in [0.5, 0.6) is 0 Å². The zero-order valence-electron chi connectivity index (χ0n) is 10.2. The topological polar surface area (TPSA) is 44.0 Å². The number of rotatable bonds is 3. The third-order valence-electron chi connectivity index (χ3n) is 3.27. The second kappa shape index (κ2) is 5.27. The lowest BCUT2D eigenvalue weighted by atomic mass is 10.1. The lowest BCUT2D eigenvalue weighted by Crippen LogP contribution is -2.40. The minimum Gasteiger partial charge on any atom is -0.317 e. The van der Waals surface area contributed by atoms with Crippen molar-refractivity contribution in [3.05, 3.63) is 17.5 Å². The molecule has 0 amide bonds. The molecule has 4 nitrogen and oxygen atoms in total. The van der Waals surface area contributed by atoms with Gasteiger partial charge in [0, 0.05) is 18.3 Å². The maximum Gasteiger partial charge on any atom is 0.435 e. The van der Waals surface area contributed by atoms with Crippen molar-refractivity contribution in [2.75, 3.05) is 20.1 Å². The van der Waals surface area contributed by atoms with E-state index in [1.165, 1.54) is 0 Å². The number of hydrogen-bond acceptors (Lipinski definition) is 3. The highest BCUT2D eigenvalue weighted by Gasteiger charge is 2.34. The van der Waals surface area contributed by atoms with Crippen LogP contribution in [0, 0.1) is 0 Å². The first-order chi connectivity index (χ1) is 8.47. The molecule has 0 unspecified atom stereocenters. The van der Waals surface area contributed by atoms with Crippen LogP contribution in [0.15, 0.2) is 6.07 Å². The number of H-pyrrole nitrogens is 1. The zero-order valence-corrected chi connectivity index (χ0v) is 10.2. The molecule has 0 bridgehead atoms. The molecule has 1 fully saturated rings. The Hall–Kier alpha value is -1.08. The maximum absolute atomic E-state index is 12.4. The molecule has 1 aliphatic rings. The SMILES string of the molecule is CN(Cc1cc(C(F)(F)F)n[nH]1)C1CCNCC1. The summed E-state index contributed by atoms with van der Waals surface area (Å²) in [6, 6.07) is 1.50. The molecule has 1 aromatic heterocycles. The number of hydrogen-bond donors (Lipinski definition) is 2. The average Bonchev–Trinajstić information content (AvgIpc) is 2.78. The fraction of sp³-hybridized carbons (Fsp3) is 0.727. The van der Waals surface area contributed by atoms with Gasteiger partial charge >= 0.3 is 6.18 Å². The van der Waals surface area contributed by atoms with E-state index in [1.807, 2.05) is 7.05 Å². The molecule has 0 radical (unpaired) electrons. The summed E-state index contributed by atoms with van der Waals surface area (Å²) in [5, 5.41) is 9.01. The number of aromatic amines is 1. The van der Waals surface area contributed by atoms with Crippen LogP contribution >= 0.6 is 0 Å². The Balaban J connectivity index is 1.94. The van der Waals surface area contributed by atoms with Gasteiger partial charge in [-0.25, -0.2) is 0 Å². The maximum atomic E-state index is 12.4. The van der Waals surface area contributed by atoms with Crippen LogP contribution in [-0.4, -0.2) is 41.3 Å². The Kier molecular flexibility index (Phi) is 3.91. The van der Waals surface area contributed by atoms with Gasteiger partial charge in [-0.3, -0.25) is 10.00 Å². The lowest BCUT2D eigenvalue weighted by molar-refractivity contribution is -0.141. The fourth-order valence-electron chi connectivity index (χ4n) is 2.23. The zero-order chi connectivity index (χ0) is 13.2. The first kappa shape index (κ1) is 13.4. The van der Waals surface area contributed by atoms with E-state index in [2.05, 4.69) is 20.4 Å². The molecule has 2 N–H and O–H groups in total. The number of nitrogens with one attached hydrogen (secondary N) is 2. The molecule has 7 heteroatoms. The van der Waals surface area contributed by atoms with Crippen LogP contribution in [0.3, 0.4) is 0 Å². The average molecular weight is 262 g/mol. The molecular weight excluding hydrogens is 245 g/mol. The molecule has 0 atom stereocenters. The molecule has 2 rings (SSSR count). The smallest absolute Gasteiger partial charge is 0.317 e. The molecule has 0 saturated carbocycles. The first-order valence-electron chi connectivity index (χ1n) is 5.99. The quantitative estimate of drug-likeness (QED) is 0.870. The summed E-state index contributed by atoms with van der Waals surface area (Å²) >= 11 is 0. The predicted octanol–water partition coefficient (Wildman–Crippen LogP) is 1.61. The van der Waals surface area contributed by atoms with E-state index in [9.17, 15) is 13.2 Å². The molecular formula is C11H17F3N4. The monoisotopic (exact) mass is 262 g/mol. The summed E-state index contributed by atoms with van der Waals surface area (Å²) in [7, 11) is 1.93. The van der Waals surface area contributed by atoms with Crippen molar-refractivity contribution in [1.82, 2.24) is 20.4 Å². The van der Waals surface area contributed by atoms with Crippen molar-refractivity contribution < 1.29 is 13.2 Å². The van der Waals surface area contributed by atoms with Gasteiger partial charge in [0.05, 0.1) is 0 Å². The van der Waals surface area contributed by atoms with Gasteiger partial charge in [-0.2, -0.15) is 18.3 Å². The highest BCUT2D eigenvalue weighted by Crippen LogP contribution is 2.28. The first-order valence-corrected chi connectivity index (χ1v) is 5.99. The Morgan fingerprint density at radius 1 is 1.39 bits per heavy atom. The van der Waals surface area contributed by atoms with Gasteiger partial charge in [0.25, 0.3) is 0 Å². The normalized spacial score (nSPS) is 18.5. The molecule has 1 aromatic rings. The van der Waals surface area contributed by atoms with E-state index >= 15 is 0 Å². The summed E-state index contributed by atoms with van der Waals surface area (Å²) in [5.74, 6) is 0. The molecule has 102 valence electrons. The minimum atomic E-state index is -4.37. The molecule has 2 heterocycles. The van der Waals surface area contributed by atoms with Crippen molar-refractivity contribution in [3.63, 3.8) is 0 Å². The van der Waals surface area contributed by atoms with Crippen LogP contribution < -0.4 is 5.32 Å². The highest BCUT2D eigenvalue weighted by molar-refractivity contribution is 5.11. The summed E-state index contributed by atoms with van der Waals surface area (Å²) in [4.78, 5) is 2.08. The van der Waals surface area contributed by atoms with Gasteiger partial charge in [-0.15, -0.1) is 0 Å². The van der Waals surface area contributed by atoms with Crippen molar-refractivity contribution in [2.45, 2.75) is 31.6 Å². The number of aromatic nitrogens is 2. The molecule has 0 aliphatic carbocycles. The third-order valence-corrected chi connectivity index (χ3v) is 3.27. The van der Waals surface area contributed by atoms with E-state index in [1.54, 1.807) is 0 Å². The number of piperidine rings is 1. The van der Waals surface area contributed by atoms with Gasteiger partial charge in [0.2, 0.25) is 0 Å². The van der Waals surface area contributed by atoms with E-state index in [4.69, 9.17) is 0 Å². The summed E-state index contributed by atoms with van der Waals surface area (Å²) < 4.78 is 37.2. The number of halogens is 3. The molecule has 0 spiro atoms. The van der Waals surface area contributed by atoms with E-state index < -0.39 is 11.9 Å². The highest BCUT2D eigenvalue weighted by atomic mass is 19.4. The van der Waals surface area contributed by atoms with Crippen molar-refractivity contribution in [3.8, 4) is 0 Å². The van der Waals surface area contributed by atoms with Crippen LogP contribution in [-0.2, 0) is 12.7 Å². The van der Waals surface area contributed by atoms with Gasteiger partial charge in [0.15, 0.2) is 5.69 Å². The Morgan fingerprint density at radius 3 is 2.61 bits per heavy atom. The van der Waals surface area contributed by atoms with Crippen molar-refractivity contribution >= 4 is 0 Å². The van der Waals surface area contributed by atoms with Gasteiger partial charge in [-0.1, -0.05) is 0 Å². The van der Waals surface area contributed by atoms with Crippen molar-refractivity contribution in [1.29, 1.82) is 0 Å². The Bertz CT molecular complexity index is 382. The van der Waals surface area contributed by atoms with E-state index in [-0.39, 0.29) is 0 Å². The van der Waals surface area contributed by atoms with Crippen LogP contribution in [0.25, 0.3) is 0 Å². The summed E-state index contributed by atoms with van der Waals surface area (Å²) in [5.41, 5.74) is -0.348. The molecule has 1 saturated heterocycles. The number of nitrogens with zero attached hydrogens (tertiary/aromatic N) is 2. The molecule has 1 aliphatic heterocycles. The van der Waals surface area contributed by atoms with Crippen LogP contribution in [0.1, 0.15) is 24.2 Å². The van der Waals surface area contributed by atoms with Crippen LogP contribution in [0.4, 0.5) is 13.2 Å². The number of alkyl halides is 3. The fourth-order valence-corrected chi connectivity index (χ4v) is 2.23. The molecule has 18 heavy (non-hydrogen) atoms. The van der Waals surface area contributed by atoms with Gasteiger partial charge < -0.3 is 5.32 Å². The lowest BCUT2D eigenvalue weighted by Gasteiger charge is -2.31. The predicted molar refractivity (Wildman–Crippen MR) is 60.9 cm³/mol. The summed E-state index contributed by atoms with van der Waals surface area (Å²) in [6.45, 7) is 2.39. The summed E-state index contributed by atoms with van der Waals surface area (Å²) in [6.07, 6.45) is -2.32. The van der Waals surface area contributed by atoms with Gasteiger partial charge in [0.1, 0.15) is 0 Å². The standard InChI is InChI=1S/C11H17F3N4/c1-18(9-2-4-15-5-3-9)7-8-6-10(17-16-8)11(12,13)14/h6,9,15H,2-5,7H2,1H3,(H,16,17). The largest absolute Gasteiger partial charge is 0.435 e. The second-order valence-electron chi connectivity index (χ2n) is 4.67. The Morgan fingerprint density at radius 2 is 2.06 bits per heavy atom. The van der Waals surface area contributed by atoms with Crippen LogP contribution in [0.2, 0.25) is 0 Å². The second-order valence-corrected chi connectivity index (χ2v) is 4.67. The third kappa shape index (κ3) is 3.23. The molecule has 0 aromatic carbocycles. The minimum absolute atomic E-state index is 0.420. The van der Waals surface area contributed by atoms with Gasteiger partial charge in [-0.05, 0) is 39.0 Å². The van der Waals surface area contributed by atoms with E-state index in [0.717, 1.165) is 32.0 Å². The Labute approximate surface area is 104 Å². The van der Waals surface area contributed by atoms with E-state index in [0.29, 0.717) is 18.3 Å².